The molecule has 1 aromatic rings. The van der Waals surface area contributed by atoms with E-state index < -0.39 is 5.97 Å². The summed E-state index contributed by atoms with van der Waals surface area (Å²) in [4.78, 5) is 10.4. The van der Waals surface area contributed by atoms with Crippen LogP contribution in [0.5, 0.6) is 0 Å². The van der Waals surface area contributed by atoms with Gasteiger partial charge < -0.3 is 5.11 Å². The van der Waals surface area contributed by atoms with E-state index in [1.54, 1.807) is 6.08 Å². The molecule has 0 saturated carbocycles. The molecule has 1 N–H and O–H groups in total. The van der Waals surface area contributed by atoms with E-state index in [4.69, 9.17) is 5.11 Å². The molecule has 0 amide bonds. The van der Waals surface area contributed by atoms with Crippen LogP contribution >= 0.6 is 15.9 Å². The Labute approximate surface area is 103 Å². The van der Waals surface area contributed by atoms with E-state index in [1.165, 1.54) is 0 Å². The summed E-state index contributed by atoms with van der Waals surface area (Å²) in [5.74, 6) is 5.05. The molecule has 0 unspecified atom stereocenters. The topological polar surface area (TPSA) is 37.3 Å². The van der Waals surface area contributed by atoms with Crippen molar-refractivity contribution < 1.29 is 9.90 Å². The van der Waals surface area contributed by atoms with E-state index >= 15 is 0 Å². The Morgan fingerprint density at radius 2 is 2.06 bits per heavy atom. The molecular formula is C13H11BrO2. The molecule has 3 heteroatoms. The monoisotopic (exact) mass is 278 g/mol. The van der Waals surface area contributed by atoms with Crippen LogP contribution in [-0.2, 0) is 4.79 Å². The van der Waals surface area contributed by atoms with Gasteiger partial charge in [0.1, 0.15) is 0 Å². The zero-order valence-electron chi connectivity index (χ0n) is 8.61. The van der Waals surface area contributed by atoms with Gasteiger partial charge in [-0.2, -0.15) is 0 Å². The summed E-state index contributed by atoms with van der Waals surface area (Å²) >= 11 is 2.95. The van der Waals surface area contributed by atoms with Crippen LogP contribution in [0, 0.1) is 11.8 Å². The van der Waals surface area contributed by atoms with Crippen molar-refractivity contribution in [1.82, 2.24) is 0 Å². The second-order valence-electron chi connectivity index (χ2n) is 3.06. The van der Waals surface area contributed by atoms with Gasteiger partial charge in [0.25, 0.3) is 0 Å². The van der Waals surface area contributed by atoms with E-state index in [9.17, 15) is 4.79 Å². The third kappa shape index (κ3) is 4.81. The molecule has 82 valence electrons. The van der Waals surface area contributed by atoms with Gasteiger partial charge in [0, 0.05) is 12.0 Å². The minimum absolute atomic E-state index is 0.189. The van der Waals surface area contributed by atoms with Gasteiger partial charge in [0.15, 0.2) is 0 Å². The molecule has 0 spiro atoms. The Bertz CT molecular complexity index is 438. The molecular weight excluding hydrogens is 268 g/mol. The predicted octanol–water partition coefficient (Wildman–Crippen LogP) is 3.18. The van der Waals surface area contributed by atoms with Crippen LogP contribution < -0.4 is 0 Å². The molecule has 1 rings (SSSR count). The summed E-state index contributed by atoms with van der Waals surface area (Å²) < 4.78 is 0.189. The molecule has 2 nitrogen and oxygen atoms in total. The Balaban J connectivity index is 2.40. The second kappa shape index (κ2) is 6.86. The highest BCUT2D eigenvalue weighted by atomic mass is 79.9. The van der Waals surface area contributed by atoms with Gasteiger partial charge in [-0.3, -0.25) is 0 Å². The number of unbranched alkanes of at least 4 members (excludes halogenated alkanes) is 1. The van der Waals surface area contributed by atoms with Gasteiger partial charge >= 0.3 is 5.97 Å². The van der Waals surface area contributed by atoms with Crippen molar-refractivity contribution in [3.63, 3.8) is 0 Å². The normalized spacial score (nSPS) is 10.4. The van der Waals surface area contributed by atoms with Gasteiger partial charge in [0.05, 0.1) is 4.48 Å². The smallest absolute Gasteiger partial charge is 0.342 e. The van der Waals surface area contributed by atoms with Crippen LogP contribution in [0.25, 0.3) is 0 Å². The van der Waals surface area contributed by atoms with E-state index in [-0.39, 0.29) is 4.48 Å². The SMILES string of the molecule is O=C(O)C(Br)=CCCC#Cc1ccccc1. The predicted molar refractivity (Wildman–Crippen MR) is 67.2 cm³/mol. The van der Waals surface area contributed by atoms with Crippen molar-refractivity contribution in [3.8, 4) is 11.8 Å². The van der Waals surface area contributed by atoms with E-state index in [1.807, 2.05) is 30.3 Å². The first-order valence-electron chi connectivity index (χ1n) is 4.83. The number of benzene rings is 1. The molecule has 0 aliphatic carbocycles. The highest BCUT2D eigenvalue weighted by molar-refractivity contribution is 9.12. The lowest BCUT2D eigenvalue weighted by Crippen LogP contribution is -1.92. The third-order valence-corrected chi connectivity index (χ3v) is 2.47. The molecule has 0 bridgehead atoms. The minimum Gasteiger partial charge on any atom is -0.477 e. The van der Waals surface area contributed by atoms with E-state index in [2.05, 4.69) is 27.8 Å². The first-order valence-corrected chi connectivity index (χ1v) is 5.62. The molecule has 0 radical (unpaired) electrons. The maximum Gasteiger partial charge on any atom is 0.342 e. The summed E-state index contributed by atoms with van der Waals surface area (Å²) in [6.45, 7) is 0. The summed E-state index contributed by atoms with van der Waals surface area (Å²) in [5.41, 5.74) is 0.976. The summed E-state index contributed by atoms with van der Waals surface area (Å²) in [6.07, 6.45) is 2.89. The van der Waals surface area contributed by atoms with Crippen LogP contribution in [0.1, 0.15) is 18.4 Å². The fraction of sp³-hybridized carbons (Fsp3) is 0.154. The standard InChI is InChI=1S/C13H11BrO2/c14-12(13(15)16)10-6-2-5-9-11-7-3-1-4-8-11/h1,3-4,7-8,10H,2,6H2,(H,15,16). The van der Waals surface area contributed by atoms with Crippen molar-refractivity contribution >= 4 is 21.9 Å². The number of rotatable bonds is 3. The molecule has 0 aliphatic heterocycles. The zero-order chi connectivity index (χ0) is 11.8. The second-order valence-corrected chi connectivity index (χ2v) is 3.92. The molecule has 0 aromatic heterocycles. The Kier molecular flexibility index (Phi) is 5.38. The zero-order valence-corrected chi connectivity index (χ0v) is 10.2. The number of carboxylic acids is 1. The molecule has 0 aliphatic rings. The minimum atomic E-state index is -0.948. The molecule has 1 aromatic carbocycles. The number of aliphatic carboxylic acids is 1. The van der Waals surface area contributed by atoms with Gasteiger partial charge in [-0.25, -0.2) is 4.79 Å². The Hall–Kier alpha value is -1.53. The Morgan fingerprint density at radius 1 is 1.38 bits per heavy atom. The van der Waals surface area contributed by atoms with Crippen molar-refractivity contribution in [2.75, 3.05) is 0 Å². The average Bonchev–Trinajstić information content (AvgIpc) is 2.29. The molecule has 0 heterocycles. The first-order chi connectivity index (χ1) is 7.70. The summed E-state index contributed by atoms with van der Waals surface area (Å²) in [5, 5.41) is 8.57. The van der Waals surface area contributed by atoms with Gasteiger partial charge in [-0.05, 0) is 34.5 Å². The molecule has 16 heavy (non-hydrogen) atoms. The van der Waals surface area contributed by atoms with Gasteiger partial charge in [-0.15, -0.1) is 0 Å². The first kappa shape index (κ1) is 12.5. The number of halogens is 1. The maximum absolute atomic E-state index is 10.4. The number of carbonyl (C=O) groups is 1. The fourth-order valence-corrected chi connectivity index (χ4v) is 1.27. The van der Waals surface area contributed by atoms with Crippen molar-refractivity contribution in [2.45, 2.75) is 12.8 Å². The lowest BCUT2D eigenvalue weighted by Gasteiger charge is -1.89. The lowest BCUT2D eigenvalue weighted by molar-refractivity contribution is -0.131. The van der Waals surface area contributed by atoms with Gasteiger partial charge in [-0.1, -0.05) is 36.1 Å². The van der Waals surface area contributed by atoms with Crippen LogP contribution in [-0.4, -0.2) is 11.1 Å². The quantitative estimate of drug-likeness (QED) is 0.524. The number of hydrogen-bond donors (Lipinski definition) is 1. The van der Waals surface area contributed by atoms with E-state index in [0.717, 1.165) is 5.56 Å². The van der Waals surface area contributed by atoms with Crippen molar-refractivity contribution in [3.05, 3.63) is 46.5 Å². The maximum atomic E-state index is 10.4. The van der Waals surface area contributed by atoms with Crippen molar-refractivity contribution in [2.24, 2.45) is 0 Å². The average molecular weight is 279 g/mol. The summed E-state index contributed by atoms with van der Waals surface area (Å²) in [7, 11) is 0. The molecule has 0 atom stereocenters. The lowest BCUT2D eigenvalue weighted by atomic mass is 10.2. The van der Waals surface area contributed by atoms with Crippen LogP contribution in [0.15, 0.2) is 40.9 Å². The molecule has 0 saturated heterocycles. The number of hydrogen-bond acceptors (Lipinski definition) is 1. The third-order valence-electron chi connectivity index (χ3n) is 1.80. The summed E-state index contributed by atoms with van der Waals surface area (Å²) in [6, 6.07) is 9.69. The van der Waals surface area contributed by atoms with E-state index in [0.29, 0.717) is 12.8 Å². The highest BCUT2D eigenvalue weighted by Crippen LogP contribution is 2.06. The van der Waals surface area contributed by atoms with Gasteiger partial charge in [0.2, 0.25) is 0 Å². The number of allylic oxidation sites excluding steroid dienone is 1. The largest absolute Gasteiger partial charge is 0.477 e. The van der Waals surface area contributed by atoms with Crippen LogP contribution in [0.2, 0.25) is 0 Å². The molecule has 0 fully saturated rings. The highest BCUT2D eigenvalue weighted by Gasteiger charge is 1.99. The fourth-order valence-electron chi connectivity index (χ4n) is 1.04. The Morgan fingerprint density at radius 3 is 2.69 bits per heavy atom. The van der Waals surface area contributed by atoms with Crippen LogP contribution in [0.3, 0.4) is 0 Å². The number of carboxylic acid groups (broad SMARTS) is 1. The van der Waals surface area contributed by atoms with Crippen molar-refractivity contribution in [1.29, 1.82) is 0 Å². The van der Waals surface area contributed by atoms with Crippen LogP contribution in [0.4, 0.5) is 0 Å².